The van der Waals surface area contributed by atoms with Crippen LogP contribution in [0.1, 0.15) is 17.5 Å². The van der Waals surface area contributed by atoms with Crippen LogP contribution in [-0.2, 0) is 17.6 Å². The first-order chi connectivity index (χ1) is 6.40. The first-order valence-corrected chi connectivity index (χ1v) is 4.96. The Kier molecular flexibility index (Phi) is 2.65. The van der Waals surface area contributed by atoms with E-state index in [2.05, 4.69) is 24.3 Å². The number of aryl methyl sites for hydroxylation is 1. The molecule has 0 aliphatic heterocycles. The monoisotopic (exact) mass is 176 g/mol. The summed E-state index contributed by atoms with van der Waals surface area (Å²) in [5.74, 6) is 0.736. The number of hydrogen-bond donors (Lipinski definition) is 0. The van der Waals surface area contributed by atoms with Gasteiger partial charge in [-0.05, 0) is 36.3 Å². The third-order valence-corrected chi connectivity index (χ3v) is 2.85. The molecule has 1 aromatic rings. The molecule has 1 aromatic carbocycles. The summed E-state index contributed by atoms with van der Waals surface area (Å²) in [6, 6.07) is 8.76. The second kappa shape index (κ2) is 3.93. The molecule has 2 rings (SSSR count). The summed E-state index contributed by atoms with van der Waals surface area (Å²) in [6.45, 7) is 0.911. The zero-order chi connectivity index (χ0) is 9.10. The van der Waals surface area contributed by atoms with Gasteiger partial charge in [0.15, 0.2) is 0 Å². The minimum atomic E-state index is 0.736. The van der Waals surface area contributed by atoms with E-state index in [1.54, 1.807) is 7.11 Å². The Morgan fingerprint density at radius 3 is 2.85 bits per heavy atom. The van der Waals surface area contributed by atoms with E-state index in [4.69, 9.17) is 4.74 Å². The van der Waals surface area contributed by atoms with Crippen molar-refractivity contribution < 1.29 is 4.74 Å². The molecule has 13 heavy (non-hydrogen) atoms. The molecule has 0 radical (unpaired) electrons. The summed E-state index contributed by atoms with van der Waals surface area (Å²) >= 11 is 0. The van der Waals surface area contributed by atoms with Crippen molar-refractivity contribution >= 4 is 0 Å². The fourth-order valence-electron chi connectivity index (χ4n) is 2.15. The first-order valence-electron chi connectivity index (χ1n) is 4.96. The molecule has 0 saturated carbocycles. The van der Waals surface area contributed by atoms with Gasteiger partial charge in [-0.15, -0.1) is 0 Å². The van der Waals surface area contributed by atoms with Crippen LogP contribution in [0.25, 0.3) is 0 Å². The van der Waals surface area contributed by atoms with Gasteiger partial charge in [-0.25, -0.2) is 0 Å². The van der Waals surface area contributed by atoms with Crippen LogP contribution in [0.4, 0.5) is 0 Å². The van der Waals surface area contributed by atoms with Crippen LogP contribution in [0.3, 0.4) is 0 Å². The normalized spacial score (nSPS) is 21.2. The Morgan fingerprint density at radius 1 is 1.31 bits per heavy atom. The van der Waals surface area contributed by atoms with E-state index in [1.807, 2.05) is 0 Å². The molecule has 1 nitrogen and oxygen atoms in total. The van der Waals surface area contributed by atoms with Crippen LogP contribution in [-0.4, -0.2) is 13.7 Å². The smallest absolute Gasteiger partial charge is 0.0493 e. The third-order valence-electron chi connectivity index (χ3n) is 2.85. The highest BCUT2D eigenvalue weighted by molar-refractivity contribution is 5.29. The fourth-order valence-corrected chi connectivity index (χ4v) is 2.15. The van der Waals surface area contributed by atoms with Gasteiger partial charge in [0.25, 0.3) is 0 Å². The highest BCUT2D eigenvalue weighted by Crippen LogP contribution is 2.25. The van der Waals surface area contributed by atoms with Crippen LogP contribution in [0.15, 0.2) is 24.3 Å². The Balaban J connectivity index is 2.11. The molecule has 1 aliphatic rings. The number of ether oxygens (including phenoxy) is 1. The van der Waals surface area contributed by atoms with Gasteiger partial charge in [-0.2, -0.15) is 0 Å². The van der Waals surface area contributed by atoms with Crippen molar-refractivity contribution in [2.45, 2.75) is 19.3 Å². The number of benzene rings is 1. The maximum atomic E-state index is 5.20. The molecular formula is C12H16O. The maximum absolute atomic E-state index is 5.20. The van der Waals surface area contributed by atoms with Crippen molar-refractivity contribution in [2.24, 2.45) is 5.92 Å². The lowest BCUT2D eigenvalue weighted by molar-refractivity contribution is 0.145. The minimum Gasteiger partial charge on any atom is -0.384 e. The molecule has 0 heterocycles. The largest absolute Gasteiger partial charge is 0.384 e. The van der Waals surface area contributed by atoms with Crippen molar-refractivity contribution in [1.82, 2.24) is 0 Å². The summed E-state index contributed by atoms with van der Waals surface area (Å²) in [5, 5.41) is 0. The minimum absolute atomic E-state index is 0.736. The zero-order valence-electron chi connectivity index (χ0n) is 8.12. The number of fused-ring (bicyclic) bond motifs is 1. The van der Waals surface area contributed by atoms with E-state index in [0.717, 1.165) is 12.5 Å². The SMILES string of the molecule is COCC1CCc2ccccc2C1. The van der Waals surface area contributed by atoms with Gasteiger partial charge in [0.1, 0.15) is 0 Å². The summed E-state index contributed by atoms with van der Waals surface area (Å²) in [6.07, 6.45) is 3.71. The molecule has 0 aromatic heterocycles. The average molecular weight is 176 g/mol. The predicted molar refractivity (Wildman–Crippen MR) is 53.8 cm³/mol. The number of rotatable bonds is 2. The van der Waals surface area contributed by atoms with Crippen molar-refractivity contribution in [3.8, 4) is 0 Å². The van der Waals surface area contributed by atoms with E-state index in [0.29, 0.717) is 0 Å². The molecule has 1 aliphatic carbocycles. The van der Waals surface area contributed by atoms with Crippen molar-refractivity contribution in [2.75, 3.05) is 13.7 Å². The number of hydrogen-bond acceptors (Lipinski definition) is 1. The van der Waals surface area contributed by atoms with Gasteiger partial charge in [0, 0.05) is 13.7 Å². The predicted octanol–water partition coefficient (Wildman–Crippen LogP) is 2.44. The van der Waals surface area contributed by atoms with Gasteiger partial charge in [0.05, 0.1) is 0 Å². The molecule has 1 atom stereocenters. The average Bonchev–Trinajstić information content (AvgIpc) is 2.18. The van der Waals surface area contributed by atoms with E-state index >= 15 is 0 Å². The zero-order valence-corrected chi connectivity index (χ0v) is 8.12. The second-order valence-electron chi connectivity index (χ2n) is 3.83. The molecule has 0 amide bonds. The van der Waals surface area contributed by atoms with E-state index < -0.39 is 0 Å². The quantitative estimate of drug-likeness (QED) is 0.672. The summed E-state index contributed by atoms with van der Waals surface area (Å²) in [5.41, 5.74) is 3.06. The topological polar surface area (TPSA) is 9.23 Å². The first kappa shape index (κ1) is 8.76. The molecule has 1 heteroatoms. The van der Waals surface area contributed by atoms with Gasteiger partial charge in [-0.1, -0.05) is 24.3 Å². The lowest BCUT2D eigenvalue weighted by Crippen LogP contribution is -2.18. The van der Waals surface area contributed by atoms with Gasteiger partial charge >= 0.3 is 0 Å². The highest BCUT2D eigenvalue weighted by Gasteiger charge is 2.17. The number of methoxy groups -OCH3 is 1. The lowest BCUT2D eigenvalue weighted by Gasteiger charge is -2.23. The summed E-state index contributed by atoms with van der Waals surface area (Å²) in [7, 11) is 1.79. The van der Waals surface area contributed by atoms with Crippen molar-refractivity contribution in [3.05, 3.63) is 35.4 Å². The molecule has 1 unspecified atom stereocenters. The fraction of sp³-hybridized carbons (Fsp3) is 0.500. The molecular weight excluding hydrogens is 160 g/mol. The van der Waals surface area contributed by atoms with Crippen LogP contribution >= 0.6 is 0 Å². The molecule has 0 N–H and O–H groups in total. The third kappa shape index (κ3) is 1.92. The Hall–Kier alpha value is -0.820. The van der Waals surface area contributed by atoms with E-state index in [-0.39, 0.29) is 0 Å². The Labute approximate surface area is 79.7 Å². The van der Waals surface area contributed by atoms with Crippen LogP contribution in [0, 0.1) is 5.92 Å². The second-order valence-corrected chi connectivity index (χ2v) is 3.83. The van der Waals surface area contributed by atoms with Gasteiger partial charge in [0.2, 0.25) is 0 Å². The Bertz CT molecular complexity index is 280. The van der Waals surface area contributed by atoms with E-state index in [1.165, 1.54) is 30.4 Å². The van der Waals surface area contributed by atoms with Crippen LogP contribution < -0.4 is 0 Å². The van der Waals surface area contributed by atoms with Gasteiger partial charge < -0.3 is 4.74 Å². The lowest BCUT2D eigenvalue weighted by atomic mass is 9.84. The van der Waals surface area contributed by atoms with Crippen LogP contribution in [0.2, 0.25) is 0 Å². The highest BCUT2D eigenvalue weighted by atomic mass is 16.5. The molecule has 0 fully saturated rings. The molecule has 0 bridgehead atoms. The van der Waals surface area contributed by atoms with E-state index in [9.17, 15) is 0 Å². The van der Waals surface area contributed by atoms with Gasteiger partial charge in [-0.3, -0.25) is 0 Å². The summed E-state index contributed by atoms with van der Waals surface area (Å²) < 4.78 is 5.20. The van der Waals surface area contributed by atoms with Crippen molar-refractivity contribution in [1.29, 1.82) is 0 Å². The standard InChI is InChI=1S/C12H16O/c1-13-9-10-6-7-11-4-2-3-5-12(11)8-10/h2-5,10H,6-9H2,1H3. The Morgan fingerprint density at radius 2 is 2.08 bits per heavy atom. The molecule has 0 spiro atoms. The van der Waals surface area contributed by atoms with Crippen molar-refractivity contribution in [3.63, 3.8) is 0 Å². The summed E-state index contributed by atoms with van der Waals surface area (Å²) in [4.78, 5) is 0. The molecule has 0 saturated heterocycles. The molecule has 70 valence electrons. The van der Waals surface area contributed by atoms with Crippen LogP contribution in [0.5, 0.6) is 0 Å². The maximum Gasteiger partial charge on any atom is 0.0493 e.